The number of hydrogen-bond acceptors (Lipinski definition) is 4. The van der Waals surface area contributed by atoms with Crippen molar-refractivity contribution in [3.63, 3.8) is 0 Å². The molecule has 1 unspecified atom stereocenters. The molecule has 1 heterocycles. The number of amides is 1. The van der Waals surface area contributed by atoms with Crippen molar-refractivity contribution in [2.45, 2.75) is 12.5 Å². The van der Waals surface area contributed by atoms with Crippen molar-refractivity contribution < 1.29 is 19.4 Å². The van der Waals surface area contributed by atoms with Crippen molar-refractivity contribution in [2.75, 3.05) is 40.4 Å². The van der Waals surface area contributed by atoms with Crippen molar-refractivity contribution in [1.82, 2.24) is 9.80 Å². The van der Waals surface area contributed by atoms with Gasteiger partial charge in [-0.15, -0.1) is 0 Å². The van der Waals surface area contributed by atoms with Crippen LogP contribution in [0.2, 0.25) is 0 Å². The number of aliphatic carboxylic acids is 1. The molecule has 0 aromatic heterocycles. The van der Waals surface area contributed by atoms with E-state index in [2.05, 4.69) is 0 Å². The molecule has 0 bridgehead atoms. The Kier molecular flexibility index (Phi) is 4.70. The third-order valence-corrected chi connectivity index (χ3v) is 2.76. The van der Waals surface area contributed by atoms with Gasteiger partial charge in [0, 0.05) is 33.3 Å². The van der Waals surface area contributed by atoms with Gasteiger partial charge in [0.25, 0.3) is 0 Å². The van der Waals surface area contributed by atoms with Crippen molar-refractivity contribution in [2.24, 2.45) is 0 Å². The lowest BCUT2D eigenvalue weighted by Crippen LogP contribution is -2.56. The molecule has 1 saturated heterocycles. The minimum absolute atomic E-state index is 0.0257. The molecule has 0 aromatic carbocycles. The highest BCUT2D eigenvalue weighted by Crippen LogP contribution is 2.12. The van der Waals surface area contributed by atoms with Crippen LogP contribution in [-0.4, -0.2) is 73.2 Å². The highest BCUT2D eigenvalue weighted by atomic mass is 16.5. The van der Waals surface area contributed by atoms with Gasteiger partial charge in [-0.05, 0) is 0 Å². The second-order valence-corrected chi connectivity index (χ2v) is 3.99. The Hall–Kier alpha value is -1.14. The minimum Gasteiger partial charge on any atom is -0.481 e. The molecule has 0 aromatic rings. The SMILES string of the molecule is COCCN1CC(=O)N(C)CC1CC(=O)O. The van der Waals surface area contributed by atoms with Crippen LogP contribution >= 0.6 is 0 Å². The normalized spacial score (nSPS) is 22.5. The Labute approximate surface area is 94.8 Å². The molecule has 92 valence electrons. The number of hydrogen-bond donors (Lipinski definition) is 1. The van der Waals surface area contributed by atoms with Crippen LogP contribution in [0.25, 0.3) is 0 Å². The first-order valence-corrected chi connectivity index (χ1v) is 5.23. The lowest BCUT2D eigenvalue weighted by Gasteiger charge is -2.38. The van der Waals surface area contributed by atoms with E-state index in [0.29, 0.717) is 19.7 Å². The summed E-state index contributed by atoms with van der Waals surface area (Å²) in [6, 6.07) is -0.115. The van der Waals surface area contributed by atoms with E-state index in [1.165, 1.54) is 0 Å². The van der Waals surface area contributed by atoms with Gasteiger partial charge in [0.1, 0.15) is 0 Å². The van der Waals surface area contributed by atoms with Crippen molar-refractivity contribution in [3.8, 4) is 0 Å². The van der Waals surface area contributed by atoms with Crippen LogP contribution in [0, 0.1) is 0 Å². The first kappa shape index (κ1) is 12.9. The zero-order valence-electron chi connectivity index (χ0n) is 9.68. The van der Waals surface area contributed by atoms with Gasteiger partial charge in [0.15, 0.2) is 0 Å². The van der Waals surface area contributed by atoms with Crippen molar-refractivity contribution in [1.29, 1.82) is 0 Å². The van der Waals surface area contributed by atoms with E-state index in [1.54, 1.807) is 19.1 Å². The average Bonchev–Trinajstić information content (AvgIpc) is 2.20. The second-order valence-electron chi connectivity index (χ2n) is 3.99. The number of carboxylic acids is 1. The van der Waals surface area contributed by atoms with E-state index in [9.17, 15) is 9.59 Å². The predicted octanol–water partition coefficient (Wildman–Crippen LogP) is -0.750. The first-order valence-electron chi connectivity index (χ1n) is 5.23. The summed E-state index contributed by atoms with van der Waals surface area (Å²) in [7, 11) is 3.29. The molecule has 1 rings (SSSR count). The lowest BCUT2D eigenvalue weighted by molar-refractivity contribution is -0.144. The number of methoxy groups -OCH3 is 1. The molecular formula is C10H18N2O4. The third kappa shape index (κ3) is 3.46. The molecule has 16 heavy (non-hydrogen) atoms. The van der Waals surface area contributed by atoms with Gasteiger partial charge in [0.2, 0.25) is 5.91 Å². The fraction of sp³-hybridized carbons (Fsp3) is 0.800. The molecule has 1 N–H and O–H groups in total. The summed E-state index contributed by atoms with van der Waals surface area (Å²) in [5, 5.41) is 8.80. The van der Waals surface area contributed by atoms with Crippen LogP contribution in [0.5, 0.6) is 0 Å². The Morgan fingerprint density at radius 2 is 2.31 bits per heavy atom. The highest BCUT2D eigenvalue weighted by molar-refractivity contribution is 5.79. The van der Waals surface area contributed by atoms with Gasteiger partial charge in [0.05, 0.1) is 19.6 Å². The quantitative estimate of drug-likeness (QED) is 0.673. The van der Waals surface area contributed by atoms with E-state index >= 15 is 0 Å². The molecule has 1 amide bonds. The van der Waals surface area contributed by atoms with Crippen LogP contribution in [0.15, 0.2) is 0 Å². The summed E-state index contributed by atoms with van der Waals surface area (Å²) >= 11 is 0. The molecule has 1 atom stereocenters. The third-order valence-electron chi connectivity index (χ3n) is 2.76. The second kappa shape index (κ2) is 5.81. The molecule has 6 heteroatoms. The summed E-state index contributed by atoms with van der Waals surface area (Å²) in [4.78, 5) is 25.7. The van der Waals surface area contributed by atoms with E-state index in [4.69, 9.17) is 9.84 Å². The predicted molar refractivity (Wildman–Crippen MR) is 57.1 cm³/mol. The van der Waals surface area contributed by atoms with Gasteiger partial charge in [-0.3, -0.25) is 14.5 Å². The number of piperazine rings is 1. The topological polar surface area (TPSA) is 70.1 Å². The van der Waals surface area contributed by atoms with Gasteiger partial charge < -0.3 is 14.7 Å². The van der Waals surface area contributed by atoms with E-state index in [1.807, 2.05) is 4.90 Å². The number of carboxylic acid groups (broad SMARTS) is 1. The van der Waals surface area contributed by atoms with Crippen LogP contribution < -0.4 is 0 Å². The molecule has 1 aliphatic rings. The van der Waals surface area contributed by atoms with Crippen molar-refractivity contribution in [3.05, 3.63) is 0 Å². The molecule has 6 nitrogen and oxygen atoms in total. The lowest BCUT2D eigenvalue weighted by atomic mass is 10.1. The number of likely N-dealkylation sites (N-methyl/N-ethyl adjacent to an activating group) is 1. The minimum atomic E-state index is -0.838. The van der Waals surface area contributed by atoms with Crippen LogP contribution in [0.1, 0.15) is 6.42 Å². The summed E-state index contributed by atoms with van der Waals surface area (Å²) in [6.45, 7) is 1.84. The highest BCUT2D eigenvalue weighted by Gasteiger charge is 2.31. The zero-order chi connectivity index (χ0) is 12.1. The number of ether oxygens (including phenoxy) is 1. The largest absolute Gasteiger partial charge is 0.481 e. The van der Waals surface area contributed by atoms with Crippen LogP contribution in [0.3, 0.4) is 0 Å². The maximum Gasteiger partial charge on any atom is 0.305 e. The molecule has 1 fully saturated rings. The molecule has 1 aliphatic heterocycles. The molecule has 0 aliphatic carbocycles. The number of carbonyl (C=O) groups is 2. The fourth-order valence-electron chi connectivity index (χ4n) is 1.82. The van der Waals surface area contributed by atoms with Gasteiger partial charge in [-0.1, -0.05) is 0 Å². The summed E-state index contributed by atoms with van der Waals surface area (Å²) < 4.78 is 4.95. The Morgan fingerprint density at radius 1 is 1.62 bits per heavy atom. The first-order chi connectivity index (χ1) is 7.54. The van der Waals surface area contributed by atoms with Crippen LogP contribution in [0.4, 0.5) is 0 Å². The monoisotopic (exact) mass is 230 g/mol. The van der Waals surface area contributed by atoms with Gasteiger partial charge in [-0.25, -0.2) is 0 Å². The smallest absolute Gasteiger partial charge is 0.305 e. The van der Waals surface area contributed by atoms with Crippen LogP contribution in [-0.2, 0) is 14.3 Å². The van der Waals surface area contributed by atoms with E-state index in [0.717, 1.165) is 0 Å². The zero-order valence-corrected chi connectivity index (χ0v) is 9.68. The fourth-order valence-corrected chi connectivity index (χ4v) is 1.82. The summed E-state index contributed by atoms with van der Waals surface area (Å²) in [6.07, 6.45) is 0.0569. The Bertz CT molecular complexity index is 270. The number of rotatable bonds is 5. The maximum absolute atomic E-state index is 11.5. The van der Waals surface area contributed by atoms with Crippen molar-refractivity contribution >= 4 is 11.9 Å². The Morgan fingerprint density at radius 3 is 2.88 bits per heavy atom. The van der Waals surface area contributed by atoms with Gasteiger partial charge >= 0.3 is 5.97 Å². The van der Waals surface area contributed by atoms with E-state index in [-0.39, 0.29) is 24.9 Å². The average molecular weight is 230 g/mol. The summed E-state index contributed by atoms with van der Waals surface area (Å²) in [5.74, 6) is -0.812. The molecular weight excluding hydrogens is 212 g/mol. The maximum atomic E-state index is 11.5. The summed E-state index contributed by atoms with van der Waals surface area (Å²) in [5.41, 5.74) is 0. The molecule has 0 spiro atoms. The standard InChI is InChI=1S/C10H18N2O4/c1-11-6-8(5-10(14)15)12(3-4-16-2)7-9(11)13/h8H,3-7H2,1-2H3,(H,14,15). The number of nitrogens with zero attached hydrogens (tertiary/aromatic N) is 2. The number of carbonyl (C=O) groups excluding carboxylic acids is 1. The van der Waals surface area contributed by atoms with E-state index < -0.39 is 5.97 Å². The molecule has 0 saturated carbocycles. The Balaban J connectivity index is 2.59. The molecule has 0 radical (unpaired) electrons. The van der Waals surface area contributed by atoms with Gasteiger partial charge in [-0.2, -0.15) is 0 Å².